The fourth-order valence-electron chi connectivity index (χ4n) is 1.78. The molecule has 2 aromatic carbocycles. The molecule has 1 unspecified atom stereocenters. The Morgan fingerprint density at radius 3 is 2.47 bits per heavy atom. The molecule has 0 aliphatic heterocycles. The van der Waals surface area contributed by atoms with Gasteiger partial charge in [0.25, 0.3) is 5.69 Å². The molecule has 1 atom stereocenters. The molecule has 0 saturated heterocycles. The van der Waals surface area contributed by atoms with Gasteiger partial charge >= 0.3 is 0 Å². The summed E-state index contributed by atoms with van der Waals surface area (Å²) in [6, 6.07) is 12.3. The first kappa shape index (κ1) is 13.5. The van der Waals surface area contributed by atoms with Crippen LogP contribution in [0.5, 0.6) is 0 Å². The number of benzene rings is 2. The van der Waals surface area contributed by atoms with Gasteiger partial charge < -0.3 is 0 Å². The lowest BCUT2D eigenvalue weighted by atomic mass is 10.0. The van der Waals surface area contributed by atoms with E-state index in [4.69, 9.17) is 11.6 Å². The van der Waals surface area contributed by atoms with E-state index >= 15 is 0 Å². The van der Waals surface area contributed by atoms with Crippen LogP contribution in [-0.2, 0) is 6.42 Å². The molecule has 0 saturated carbocycles. The minimum Gasteiger partial charge on any atom is -0.258 e. The van der Waals surface area contributed by atoms with E-state index in [0.717, 1.165) is 5.56 Å². The number of hydrogen-bond donors (Lipinski definition) is 0. The highest BCUT2D eigenvalue weighted by molar-refractivity contribution is 6.20. The first-order valence-electron chi connectivity index (χ1n) is 5.69. The predicted molar refractivity (Wildman–Crippen MR) is 71.8 cm³/mol. The van der Waals surface area contributed by atoms with Gasteiger partial charge in [-0.25, -0.2) is 4.39 Å². The highest BCUT2D eigenvalue weighted by Gasteiger charge is 2.11. The van der Waals surface area contributed by atoms with E-state index in [-0.39, 0.29) is 16.9 Å². The summed E-state index contributed by atoms with van der Waals surface area (Å²) in [6.07, 6.45) is 0.489. The van der Waals surface area contributed by atoms with E-state index in [0.29, 0.717) is 12.0 Å². The van der Waals surface area contributed by atoms with Crippen molar-refractivity contribution in [3.8, 4) is 0 Å². The van der Waals surface area contributed by atoms with Gasteiger partial charge in [-0.1, -0.05) is 24.3 Å². The van der Waals surface area contributed by atoms with Crippen molar-refractivity contribution in [1.82, 2.24) is 0 Å². The summed E-state index contributed by atoms with van der Waals surface area (Å²) in [6.45, 7) is 0. The van der Waals surface area contributed by atoms with Crippen molar-refractivity contribution in [3.05, 3.63) is 75.6 Å². The Balaban J connectivity index is 2.10. The maximum absolute atomic E-state index is 13.1. The second kappa shape index (κ2) is 5.80. The van der Waals surface area contributed by atoms with Gasteiger partial charge in [0.05, 0.1) is 10.3 Å². The fourth-order valence-corrected chi connectivity index (χ4v) is 2.09. The number of hydrogen-bond acceptors (Lipinski definition) is 2. The lowest BCUT2D eigenvalue weighted by Crippen LogP contribution is -1.97. The number of non-ortho nitro benzene ring substituents is 1. The second-order valence-corrected chi connectivity index (χ2v) is 4.68. The molecular weight excluding hydrogens is 269 g/mol. The van der Waals surface area contributed by atoms with E-state index < -0.39 is 4.92 Å². The van der Waals surface area contributed by atoms with Gasteiger partial charge in [0.2, 0.25) is 0 Å². The van der Waals surface area contributed by atoms with Crippen LogP contribution in [0.4, 0.5) is 10.1 Å². The predicted octanol–water partition coefficient (Wildman–Crippen LogP) is 4.26. The Morgan fingerprint density at radius 1 is 1.21 bits per heavy atom. The summed E-state index contributed by atoms with van der Waals surface area (Å²) in [4.78, 5) is 10.1. The second-order valence-electron chi connectivity index (χ2n) is 4.15. The summed E-state index contributed by atoms with van der Waals surface area (Å²) in [5, 5.41) is 10.2. The van der Waals surface area contributed by atoms with Crippen LogP contribution < -0.4 is 0 Å². The Hall–Kier alpha value is -1.94. The number of alkyl halides is 1. The largest absolute Gasteiger partial charge is 0.269 e. The van der Waals surface area contributed by atoms with E-state index in [1.54, 1.807) is 24.3 Å². The van der Waals surface area contributed by atoms with Crippen LogP contribution in [-0.4, -0.2) is 4.92 Å². The van der Waals surface area contributed by atoms with Crippen molar-refractivity contribution in [2.45, 2.75) is 11.8 Å². The van der Waals surface area contributed by atoms with Crippen molar-refractivity contribution < 1.29 is 9.31 Å². The molecule has 19 heavy (non-hydrogen) atoms. The third-order valence-electron chi connectivity index (χ3n) is 2.77. The van der Waals surface area contributed by atoms with Gasteiger partial charge in [-0.15, -0.1) is 11.6 Å². The maximum atomic E-state index is 13.1. The van der Waals surface area contributed by atoms with Gasteiger partial charge in [-0.2, -0.15) is 0 Å². The molecule has 98 valence electrons. The Bertz CT molecular complexity index is 586. The molecule has 0 amide bonds. The third-order valence-corrected chi connectivity index (χ3v) is 3.18. The van der Waals surface area contributed by atoms with Crippen LogP contribution in [0.1, 0.15) is 16.5 Å². The van der Waals surface area contributed by atoms with Crippen LogP contribution in [0.3, 0.4) is 0 Å². The van der Waals surface area contributed by atoms with Crippen molar-refractivity contribution >= 4 is 17.3 Å². The molecule has 0 bridgehead atoms. The number of nitro groups is 1. The third kappa shape index (κ3) is 3.51. The van der Waals surface area contributed by atoms with Crippen LogP contribution in [0.2, 0.25) is 0 Å². The van der Waals surface area contributed by atoms with Crippen LogP contribution in [0.15, 0.2) is 48.5 Å². The zero-order chi connectivity index (χ0) is 13.8. The van der Waals surface area contributed by atoms with Crippen molar-refractivity contribution in [3.63, 3.8) is 0 Å². The van der Waals surface area contributed by atoms with E-state index in [1.807, 2.05) is 0 Å². The van der Waals surface area contributed by atoms with Crippen LogP contribution >= 0.6 is 11.6 Å². The zero-order valence-electron chi connectivity index (χ0n) is 9.92. The standard InChI is InChI=1S/C14H11ClFNO2/c15-14(11-2-1-3-12(16)9-11)8-10-4-6-13(7-5-10)17(18)19/h1-7,9,14H,8H2. The Morgan fingerprint density at radius 2 is 1.89 bits per heavy atom. The first-order valence-corrected chi connectivity index (χ1v) is 6.13. The number of rotatable bonds is 4. The summed E-state index contributed by atoms with van der Waals surface area (Å²) in [7, 11) is 0. The Kier molecular flexibility index (Phi) is 4.12. The molecule has 2 aromatic rings. The number of nitrogens with zero attached hydrogens (tertiary/aromatic N) is 1. The molecule has 0 fully saturated rings. The van der Waals surface area contributed by atoms with Gasteiger partial charge in [0.1, 0.15) is 5.82 Å². The minimum absolute atomic E-state index is 0.0422. The van der Waals surface area contributed by atoms with Gasteiger partial charge in [-0.3, -0.25) is 10.1 Å². The molecular formula is C14H11ClFNO2. The molecule has 0 aliphatic rings. The highest BCUT2D eigenvalue weighted by Crippen LogP contribution is 2.26. The molecule has 0 spiro atoms. The molecule has 5 heteroatoms. The molecule has 0 aliphatic carbocycles. The van der Waals surface area contributed by atoms with Crippen molar-refractivity contribution in [2.75, 3.05) is 0 Å². The monoisotopic (exact) mass is 279 g/mol. The molecule has 0 aromatic heterocycles. The fraction of sp³-hybridized carbons (Fsp3) is 0.143. The highest BCUT2D eigenvalue weighted by atomic mass is 35.5. The van der Waals surface area contributed by atoms with Crippen LogP contribution in [0, 0.1) is 15.9 Å². The lowest BCUT2D eigenvalue weighted by molar-refractivity contribution is -0.384. The average Bonchev–Trinajstić information content (AvgIpc) is 2.39. The minimum atomic E-state index is -0.450. The summed E-state index contributed by atoms with van der Waals surface area (Å²) in [5.41, 5.74) is 1.61. The molecule has 0 radical (unpaired) electrons. The zero-order valence-corrected chi connectivity index (χ0v) is 10.7. The SMILES string of the molecule is O=[N+]([O-])c1ccc(CC(Cl)c2cccc(F)c2)cc1. The van der Waals surface area contributed by atoms with E-state index in [9.17, 15) is 14.5 Å². The van der Waals surface area contributed by atoms with Gasteiger partial charge in [0.15, 0.2) is 0 Å². The summed E-state index contributed by atoms with van der Waals surface area (Å²) < 4.78 is 13.1. The number of halogens is 2. The van der Waals surface area contributed by atoms with E-state index in [1.165, 1.54) is 24.3 Å². The molecule has 0 heterocycles. The van der Waals surface area contributed by atoms with Crippen molar-refractivity contribution in [1.29, 1.82) is 0 Å². The quantitative estimate of drug-likeness (QED) is 0.477. The normalized spacial score (nSPS) is 12.1. The first-order chi connectivity index (χ1) is 9.06. The lowest BCUT2D eigenvalue weighted by Gasteiger charge is -2.09. The Labute approximate surface area is 114 Å². The van der Waals surface area contributed by atoms with E-state index in [2.05, 4.69) is 0 Å². The van der Waals surface area contributed by atoms with Crippen molar-refractivity contribution in [2.24, 2.45) is 0 Å². The smallest absolute Gasteiger partial charge is 0.258 e. The van der Waals surface area contributed by atoms with Crippen LogP contribution in [0.25, 0.3) is 0 Å². The van der Waals surface area contributed by atoms with Gasteiger partial charge in [-0.05, 0) is 29.7 Å². The summed E-state index contributed by atoms with van der Waals surface area (Å²) >= 11 is 6.21. The summed E-state index contributed by atoms with van der Waals surface area (Å²) in [5.74, 6) is -0.327. The molecule has 3 nitrogen and oxygen atoms in total. The van der Waals surface area contributed by atoms with Gasteiger partial charge in [0, 0.05) is 12.1 Å². The molecule has 2 rings (SSSR count). The molecule has 0 N–H and O–H groups in total. The average molecular weight is 280 g/mol. The maximum Gasteiger partial charge on any atom is 0.269 e. The topological polar surface area (TPSA) is 43.1 Å². The number of nitro benzene ring substituents is 1.